The van der Waals surface area contributed by atoms with E-state index in [0.29, 0.717) is 0 Å². The zero-order valence-corrected chi connectivity index (χ0v) is 10.7. The fourth-order valence-electron chi connectivity index (χ4n) is 2.22. The van der Waals surface area contributed by atoms with E-state index in [2.05, 4.69) is 33.8 Å². The first-order valence-electron chi connectivity index (χ1n) is 5.66. The minimum Gasteiger partial charge on any atom is -0.478 e. The number of hydrogen-bond acceptors (Lipinski definition) is 2. The van der Waals surface area contributed by atoms with E-state index in [1.54, 1.807) is 0 Å². The molecule has 0 saturated heterocycles. The van der Waals surface area contributed by atoms with Gasteiger partial charge in [0.1, 0.15) is 11.2 Å². The Morgan fingerprint density at radius 1 is 1.33 bits per heavy atom. The van der Waals surface area contributed by atoms with E-state index in [1.807, 2.05) is 11.8 Å². The molecule has 15 heavy (non-hydrogen) atoms. The SMILES string of the molecule is CCc1cc2c(c(CC)c1C)OC(C)S2. The third-order valence-corrected chi connectivity index (χ3v) is 4.03. The van der Waals surface area contributed by atoms with Crippen LogP contribution in [-0.4, -0.2) is 5.44 Å². The molecule has 0 saturated carbocycles. The number of aryl methyl sites for hydroxylation is 1. The second-order valence-corrected chi connectivity index (χ2v) is 5.32. The molecular formula is C13H18OS. The third-order valence-electron chi connectivity index (χ3n) is 3.05. The summed E-state index contributed by atoms with van der Waals surface area (Å²) in [5.41, 5.74) is 4.57. The van der Waals surface area contributed by atoms with Gasteiger partial charge in [0.25, 0.3) is 0 Å². The number of benzene rings is 1. The molecule has 1 atom stereocenters. The monoisotopic (exact) mass is 222 g/mol. The Balaban J connectivity index is 2.57. The average Bonchev–Trinajstić information content (AvgIpc) is 2.57. The van der Waals surface area contributed by atoms with Crippen LogP contribution in [0.3, 0.4) is 0 Å². The lowest BCUT2D eigenvalue weighted by Crippen LogP contribution is -2.02. The first-order valence-corrected chi connectivity index (χ1v) is 6.54. The number of hydrogen-bond donors (Lipinski definition) is 0. The molecule has 2 rings (SSSR count). The number of fused-ring (bicyclic) bond motifs is 1. The Morgan fingerprint density at radius 3 is 2.67 bits per heavy atom. The molecule has 0 spiro atoms. The van der Waals surface area contributed by atoms with Crippen LogP contribution in [0.2, 0.25) is 0 Å². The highest BCUT2D eigenvalue weighted by Crippen LogP contribution is 2.45. The van der Waals surface area contributed by atoms with E-state index in [0.717, 1.165) is 18.6 Å². The molecule has 1 aromatic rings. The largest absolute Gasteiger partial charge is 0.478 e. The van der Waals surface area contributed by atoms with Crippen molar-refractivity contribution in [2.75, 3.05) is 0 Å². The maximum atomic E-state index is 5.87. The average molecular weight is 222 g/mol. The molecule has 0 aromatic heterocycles. The minimum absolute atomic E-state index is 0.275. The summed E-state index contributed by atoms with van der Waals surface area (Å²) < 4.78 is 5.87. The highest BCUT2D eigenvalue weighted by molar-refractivity contribution is 8.00. The van der Waals surface area contributed by atoms with Gasteiger partial charge in [-0.2, -0.15) is 0 Å². The van der Waals surface area contributed by atoms with E-state index >= 15 is 0 Å². The van der Waals surface area contributed by atoms with Crippen LogP contribution in [0.15, 0.2) is 11.0 Å². The van der Waals surface area contributed by atoms with Crippen LogP contribution in [-0.2, 0) is 12.8 Å². The van der Waals surface area contributed by atoms with Gasteiger partial charge in [0.05, 0.1) is 4.90 Å². The Labute approximate surface area is 96.2 Å². The third kappa shape index (κ3) is 1.76. The van der Waals surface area contributed by atoms with Gasteiger partial charge in [0.15, 0.2) is 0 Å². The van der Waals surface area contributed by atoms with Crippen LogP contribution >= 0.6 is 11.8 Å². The van der Waals surface area contributed by atoms with E-state index < -0.39 is 0 Å². The summed E-state index contributed by atoms with van der Waals surface area (Å²) in [6.07, 6.45) is 2.18. The number of ether oxygens (including phenoxy) is 1. The van der Waals surface area contributed by atoms with Crippen LogP contribution < -0.4 is 4.74 Å². The van der Waals surface area contributed by atoms with Gasteiger partial charge in [0, 0.05) is 0 Å². The maximum absolute atomic E-state index is 5.87. The van der Waals surface area contributed by atoms with E-state index in [4.69, 9.17) is 4.74 Å². The summed E-state index contributed by atoms with van der Waals surface area (Å²) in [6, 6.07) is 2.30. The second kappa shape index (κ2) is 4.09. The van der Waals surface area contributed by atoms with Crippen molar-refractivity contribution in [1.29, 1.82) is 0 Å². The topological polar surface area (TPSA) is 9.23 Å². The number of thioether (sulfide) groups is 1. The summed E-state index contributed by atoms with van der Waals surface area (Å²) in [7, 11) is 0. The second-order valence-electron chi connectivity index (χ2n) is 3.98. The van der Waals surface area contributed by atoms with Crippen LogP contribution in [0.25, 0.3) is 0 Å². The molecule has 1 aliphatic rings. The van der Waals surface area contributed by atoms with Gasteiger partial charge in [-0.25, -0.2) is 0 Å². The normalized spacial score (nSPS) is 18.8. The molecule has 1 nitrogen and oxygen atoms in total. The van der Waals surface area contributed by atoms with Crippen LogP contribution in [0.1, 0.15) is 37.5 Å². The van der Waals surface area contributed by atoms with Gasteiger partial charge in [-0.1, -0.05) is 25.6 Å². The zero-order chi connectivity index (χ0) is 11.0. The van der Waals surface area contributed by atoms with Crippen LogP contribution in [0, 0.1) is 6.92 Å². The molecule has 0 bridgehead atoms. The lowest BCUT2D eigenvalue weighted by Gasteiger charge is -2.13. The first kappa shape index (κ1) is 10.9. The zero-order valence-electron chi connectivity index (χ0n) is 9.89. The minimum atomic E-state index is 0.275. The Bertz CT molecular complexity index is 385. The smallest absolute Gasteiger partial charge is 0.146 e. The Kier molecular flexibility index (Phi) is 2.96. The summed E-state index contributed by atoms with van der Waals surface area (Å²) in [5, 5.41) is 0. The molecule has 1 unspecified atom stereocenters. The molecular weight excluding hydrogens is 204 g/mol. The van der Waals surface area contributed by atoms with Gasteiger partial charge in [0.2, 0.25) is 0 Å². The predicted octanol–water partition coefficient (Wildman–Crippen LogP) is 3.95. The van der Waals surface area contributed by atoms with Crippen molar-refractivity contribution in [2.24, 2.45) is 0 Å². The summed E-state index contributed by atoms with van der Waals surface area (Å²) in [4.78, 5) is 1.34. The van der Waals surface area contributed by atoms with E-state index in [1.165, 1.54) is 21.6 Å². The van der Waals surface area contributed by atoms with Gasteiger partial charge in [-0.05, 0) is 49.4 Å². The Hall–Kier alpha value is -0.630. The lowest BCUT2D eigenvalue weighted by molar-refractivity contribution is 0.311. The molecule has 0 N–H and O–H groups in total. The highest BCUT2D eigenvalue weighted by atomic mass is 32.2. The summed E-state index contributed by atoms with van der Waals surface area (Å²) in [5.74, 6) is 1.14. The molecule has 1 aliphatic heterocycles. The highest BCUT2D eigenvalue weighted by Gasteiger charge is 2.24. The van der Waals surface area contributed by atoms with Gasteiger partial charge >= 0.3 is 0 Å². The predicted molar refractivity (Wildman–Crippen MR) is 65.9 cm³/mol. The van der Waals surface area contributed by atoms with Crippen molar-refractivity contribution < 1.29 is 4.74 Å². The van der Waals surface area contributed by atoms with Crippen LogP contribution in [0.4, 0.5) is 0 Å². The van der Waals surface area contributed by atoms with Crippen molar-refractivity contribution in [3.8, 4) is 5.75 Å². The summed E-state index contributed by atoms with van der Waals surface area (Å²) in [6.45, 7) is 8.76. The molecule has 0 amide bonds. The van der Waals surface area contributed by atoms with Crippen molar-refractivity contribution in [1.82, 2.24) is 0 Å². The molecule has 2 heteroatoms. The van der Waals surface area contributed by atoms with E-state index in [-0.39, 0.29) is 5.44 Å². The van der Waals surface area contributed by atoms with Crippen molar-refractivity contribution in [3.63, 3.8) is 0 Å². The van der Waals surface area contributed by atoms with Crippen molar-refractivity contribution in [2.45, 2.75) is 50.9 Å². The first-order chi connectivity index (χ1) is 7.17. The van der Waals surface area contributed by atoms with Crippen molar-refractivity contribution in [3.05, 3.63) is 22.8 Å². The standard InChI is InChI=1S/C13H18OS/c1-5-10-7-12-13(14-9(4)15-12)11(6-2)8(10)3/h7,9H,5-6H2,1-4H3. The molecule has 1 aromatic carbocycles. The van der Waals surface area contributed by atoms with Gasteiger partial charge < -0.3 is 4.74 Å². The number of rotatable bonds is 2. The maximum Gasteiger partial charge on any atom is 0.146 e. The molecule has 0 aliphatic carbocycles. The fourth-order valence-corrected chi connectivity index (χ4v) is 3.21. The van der Waals surface area contributed by atoms with Gasteiger partial charge in [-0.15, -0.1) is 0 Å². The van der Waals surface area contributed by atoms with Crippen LogP contribution in [0.5, 0.6) is 5.75 Å². The van der Waals surface area contributed by atoms with E-state index in [9.17, 15) is 0 Å². The molecule has 82 valence electrons. The molecule has 0 radical (unpaired) electrons. The molecule has 0 fully saturated rings. The summed E-state index contributed by atoms with van der Waals surface area (Å²) >= 11 is 1.84. The fraction of sp³-hybridized carbons (Fsp3) is 0.538. The molecule has 1 heterocycles. The Morgan fingerprint density at radius 2 is 2.07 bits per heavy atom. The lowest BCUT2D eigenvalue weighted by atomic mass is 9.98. The van der Waals surface area contributed by atoms with Gasteiger partial charge in [-0.3, -0.25) is 0 Å². The quantitative estimate of drug-likeness (QED) is 0.749. The van der Waals surface area contributed by atoms with Crippen molar-refractivity contribution >= 4 is 11.8 Å².